The van der Waals surface area contributed by atoms with Crippen LogP contribution in [0.1, 0.15) is 6.42 Å². The van der Waals surface area contributed by atoms with Gasteiger partial charge in [0.15, 0.2) is 0 Å². The van der Waals surface area contributed by atoms with Crippen molar-refractivity contribution >= 4 is 38.6 Å². The van der Waals surface area contributed by atoms with Crippen molar-refractivity contribution in [2.45, 2.75) is 11.7 Å². The fraction of sp³-hybridized carbons (Fsp3) is 0.667. The molecule has 1 rings (SSSR count). The number of hydrogen-bond acceptors (Lipinski definition) is 2. The summed E-state index contributed by atoms with van der Waals surface area (Å²) in [6.45, 7) is 0. The fourth-order valence-corrected chi connectivity index (χ4v) is 1.81. The standard InChI is InChI=1S/C3H4S3/c4-2-1-3(2)6-5/h2,4H,1H2. The normalized spacial score (nSPS) is 30.2. The van der Waals surface area contributed by atoms with Crippen molar-refractivity contribution in [1.29, 1.82) is 0 Å². The van der Waals surface area contributed by atoms with Crippen molar-refractivity contribution in [2.24, 2.45) is 0 Å². The maximum absolute atomic E-state index is 4.65. The van der Waals surface area contributed by atoms with E-state index < -0.39 is 0 Å². The molecule has 0 spiro atoms. The zero-order chi connectivity index (χ0) is 4.57. The molecule has 0 N–H and O–H groups in total. The van der Waals surface area contributed by atoms with Gasteiger partial charge in [0.2, 0.25) is 0 Å². The summed E-state index contributed by atoms with van der Waals surface area (Å²) in [4.78, 5) is 1.35. The van der Waals surface area contributed by atoms with Gasteiger partial charge in [-0.25, -0.2) is 0 Å². The molecule has 0 aromatic carbocycles. The molecule has 1 aliphatic carbocycles. The van der Waals surface area contributed by atoms with Crippen molar-refractivity contribution < 1.29 is 0 Å². The highest BCUT2D eigenvalue weighted by Crippen LogP contribution is 2.20. The maximum Gasteiger partial charge on any atom is 0.0377 e. The highest BCUT2D eigenvalue weighted by atomic mass is 32.8. The summed E-state index contributed by atoms with van der Waals surface area (Å²) in [5, 5.41) is 0.535. The average molecular weight is 136 g/mol. The highest BCUT2D eigenvalue weighted by molar-refractivity contribution is 8.18. The minimum absolute atomic E-state index is 0.535. The molecule has 6 heavy (non-hydrogen) atoms. The molecule has 1 fully saturated rings. The fourth-order valence-electron chi connectivity index (χ4n) is 0.221. The molecule has 0 aromatic heterocycles. The molecule has 0 heterocycles. The lowest BCUT2D eigenvalue weighted by Crippen LogP contribution is -1.65. The molecule has 0 nitrogen and oxygen atoms in total. The zero-order valence-corrected chi connectivity index (χ0v) is 5.58. The van der Waals surface area contributed by atoms with Crippen LogP contribution in [-0.4, -0.2) is 10.1 Å². The molecule has 34 valence electrons. The summed E-state index contributed by atoms with van der Waals surface area (Å²) in [5.41, 5.74) is 0. The predicted octanol–water partition coefficient (Wildman–Crippen LogP) is 0.405. The van der Waals surface area contributed by atoms with Gasteiger partial charge < -0.3 is 0 Å². The van der Waals surface area contributed by atoms with Gasteiger partial charge in [-0.05, 0) is 17.6 Å². The largest absolute Gasteiger partial charge is 0.170 e. The summed E-state index contributed by atoms with van der Waals surface area (Å²) in [6, 6.07) is 0. The van der Waals surface area contributed by atoms with Crippen LogP contribution in [0.25, 0.3) is 0 Å². The topological polar surface area (TPSA) is 0 Å². The SMILES string of the molecule is S=S=C1CC1S. The molecule has 0 bridgehead atoms. The first-order valence-electron chi connectivity index (χ1n) is 1.68. The Balaban J connectivity index is 2.67. The molecular weight excluding hydrogens is 132 g/mol. The first-order valence-corrected chi connectivity index (χ1v) is 3.94. The van der Waals surface area contributed by atoms with E-state index in [9.17, 15) is 0 Å². The van der Waals surface area contributed by atoms with Gasteiger partial charge in [-0.1, -0.05) is 9.91 Å². The van der Waals surface area contributed by atoms with Gasteiger partial charge in [-0.3, -0.25) is 0 Å². The van der Waals surface area contributed by atoms with Crippen LogP contribution in [0.4, 0.5) is 0 Å². The van der Waals surface area contributed by atoms with Crippen LogP contribution in [0.5, 0.6) is 0 Å². The Kier molecular flexibility index (Phi) is 1.31. The molecule has 1 saturated carbocycles. The van der Waals surface area contributed by atoms with E-state index in [1.807, 2.05) is 0 Å². The van der Waals surface area contributed by atoms with Crippen LogP contribution in [0.2, 0.25) is 0 Å². The lowest BCUT2D eigenvalue weighted by molar-refractivity contribution is 1.53. The first-order chi connectivity index (χ1) is 2.84. The van der Waals surface area contributed by atoms with Gasteiger partial charge in [0.1, 0.15) is 0 Å². The van der Waals surface area contributed by atoms with E-state index in [1.165, 1.54) is 14.8 Å². The molecular formula is C3H4S3. The summed E-state index contributed by atoms with van der Waals surface area (Å²) in [6.07, 6.45) is 1.14. The monoisotopic (exact) mass is 136 g/mol. The lowest BCUT2D eigenvalue weighted by atomic mass is 11.0. The molecule has 1 unspecified atom stereocenters. The molecule has 3 heteroatoms. The predicted molar refractivity (Wildman–Crippen MR) is 37.1 cm³/mol. The highest BCUT2D eigenvalue weighted by Gasteiger charge is 2.24. The van der Waals surface area contributed by atoms with E-state index >= 15 is 0 Å². The smallest absolute Gasteiger partial charge is 0.0377 e. The van der Waals surface area contributed by atoms with E-state index in [1.54, 1.807) is 0 Å². The Bertz CT molecular complexity index is 111. The first kappa shape index (κ1) is 4.81. The van der Waals surface area contributed by atoms with Crippen LogP contribution in [0.15, 0.2) is 0 Å². The number of hydrogen-bond donors (Lipinski definition) is 1. The second kappa shape index (κ2) is 1.64. The maximum atomic E-state index is 4.65. The van der Waals surface area contributed by atoms with E-state index in [0.29, 0.717) is 5.25 Å². The van der Waals surface area contributed by atoms with Gasteiger partial charge in [0.25, 0.3) is 0 Å². The Hall–Kier alpha value is 0.660. The Labute approximate surface area is 50.6 Å². The van der Waals surface area contributed by atoms with Crippen LogP contribution in [0.3, 0.4) is 0 Å². The van der Waals surface area contributed by atoms with Crippen molar-refractivity contribution in [3.05, 3.63) is 0 Å². The van der Waals surface area contributed by atoms with E-state index in [0.717, 1.165) is 6.42 Å². The third-order valence-corrected chi connectivity index (χ3v) is 2.69. The van der Waals surface area contributed by atoms with E-state index in [2.05, 4.69) is 23.8 Å². The zero-order valence-electron chi connectivity index (χ0n) is 3.05. The summed E-state index contributed by atoms with van der Waals surface area (Å²) >= 11 is 8.77. The summed E-state index contributed by atoms with van der Waals surface area (Å²) in [5.74, 6) is 0. The second-order valence-electron chi connectivity index (χ2n) is 1.27. The van der Waals surface area contributed by atoms with Gasteiger partial charge in [-0.2, -0.15) is 12.6 Å². The molecule has 0 aliphatic heterocycles. The Morgan fingerprint density at radius 2 is 2.50 bits per heavy atom. The summed E-state index contributed by atoms with van der Waals surface area (Å²) in [7, 11) is 1.42. The summed E-state index contributed by atoms with van der Waals surface area (Å²) < 4.78 is 0. The van der Waals surface area contributed by atoms with Crippen LogP contribution in [-0.2, 0) is 21.1 Å². The lowest BCUT2D eigenvalue weighted by Gasteiger charge is -1.57. The minimum atomic E-state index is 0.535. The Morgan fingerprint density at radius 1 is 2.00 bits per heavy atom. The minimum Gasteiger partial charge on any atom is -0.170 e. The van der Waals surface area contributed by atoms with E-state index in [4.69, 9.17) is 0 Å². The van der Waals surface area contributed by atoms with Crippen molar-refractivity contribution in [3.8, 4) is 0 Å². The van der Waals surface area contributed by atoms with Crippen LogP contribution < -0.4 is 0 Å². The van der Waals surface area contributed by atoms with Gasteiger partial charge in [0, 0.05) is 10.1 Å². The molecule has 1 atom stereocenters. The molecule has 1 aliphatic rings. The molecule has 0 saturated heterocycles. The molecule has 0 aromatic rings. The molecule has 0 amide bonds. The average Bonchev–Trinajstić information content (AvgIpc) is 2.19. The van der Waals surface area contributed by atoms with Crippen molar-refractivity contribution in [1.82, 2.24) is 0 Å². The Morgan fingerprint density at radius 3 is 2.50 bits per heavy atom. The van der Waals surface area contributed by atoms with Crippen molar-refractivity contribution in [3.63, 3.8) is 0 Å². The van der Waals surface area contributed by atoms with E-state index in [-0.39, 0.29) is 0 Å². The third-order valence-electron chi connectivity index (χ3n) is 0.713. The number of thiol groups is 1. The van der Waals surface area contributed by atoms with Crippen molar-refractivity contribution in [2.75, 3.05) is 0 Å². The quantitative estimate of drug-likeness (QED) is 0.372. The van der Waals surface area contributed by atoms with Gasteiger partial charge in [-0.15, -0.1) is 0 Å². The number of rotatable bonds is 0. The van der Waals surface area contributed by atoms with Gasteiger partial charge in [0.05, 0.1) is 0 Å². The van der Waals surface area contributed by atoms with Crippen LogP contribution in [0, 0.1) is 0 Å². The van der Waals surface area contributed by atoms with Gasteiger partial charge >= 0.3 is 0 Å². The molecule has 0 radical (unpaired) electrons. The van der Waals surface area contributed by atoms with Crippen LogP contribution >= 0.6 is 12.6 Å². The second-order valence-corrected chi connectivity index (χ2v) is 3.08. The third kappa shape index (κ3) is 0.832.